The average molecular weight is 257 g/mol. The zero-order valence-corrected chi connectivity index (χ0v) is 11.6. The highest BCUT2D eigenvalue weighted by atomic mass is 16.6. The second kappa shape index (κ2) is 7.74. The molecule has 0 aliphatic heterocycles. The van der Waals surface area contributed by atoms with Gasteiger partial charge >= 0.3 is 12.1 Å². The van der Waals surface area contributed by atoms with E-state index in [2.05, 4.69) is 5.32 Å². The maximum atomic E-state index is 11.3. The molecule has 0 radical (unpaired) electrons. The Hall–Kier alpha value is -1.52. The topological polar surface area (TPSA) is 75.6 Å². The Morgan fingerprint density at radius 2 is 1.89 bits per heavy atom. The lowest BCUT2D eigenvalue weighted by atomic mass is 10.1. The van der Waals surface area contributed by atoms with Gasteiger partial charge in [0.2, 0.25) is 0 Å². The van der Waals surface area contributed by atoms with Crippen LogP contribution in [0.15, 0.2) is 11.6 Å². The van der Waals surface area contributed by atoms with Crippen molar-refractivity contribution in [2.45, 2.75) is 52.6 Å². The van der Waals surface area contributed by atoms with Crippen molar-refractivity contribution in [2.24, 2.45) is 0 Å². The van der Waals surface area contributed by atoms with Gasteiger partial charge in [-0.25, -0.2) is 4.79 Å². The first-order valence-corrected chi connectivity index (χ1v) is 6.05. The Morgan fingerprint density at radius 3 is 2.39 bits per heavy atom. The van der Waals surface area contributed by atoms with Crippen LogP contribution in [0, 0.1) is 0 Å². The lowest BCUT2D eigenvalue weighted by Gasteiger charge is -2.19. The van der Waals surface area contributed by atoms with Crippen LogP contribution in [0.1, 0.15) is 47.0 Å². The highest BCUT2D eigenvalue weighted by Gasteiger charge is 2.14. The third kappa shape index (κ3) is 11.0. The van der Waals surface area contributed by atoms with E-state index in [4.69, 9.17) is 9.84 Å². The number of alkyl carbamates (subject to hydrolysis) is 1. The zero-order valence-electron chi connectivity index (χ0n) is 11.6. The van der Waals surface area contributed by atoms with Gasteiger partial charge in [-0.1, -0.05) is 11.6 Å². The predicted molar refractivity (Wildman–Crippen MR) is 69.5 cm³/mol. The molecule has 18 heavy (non-hydrogen) atoms. The number of ether oxygens (including phenoxy) is 1. The Morgan fingerprint density at radius 1 is 1.28 bits per heavy atom. The number of carbonyl (C=O) groups excluding carboxylic acids is 1. The molecule has 0 saturated heterocycles. The summed E-state index contributed by atoms with van der Waals surface area (Å²) in [5.41, 5.74) is 0.567. The molecule has 0 fully saturated rings. The van der Waals surface area contributed by atoms with Crippen LogP contribution < -0.4 is 5.32 Å². The Labute approximate surface area is 108 Å². The third-order valence-corrected chi connectivity index (χ3v) is 2.06. The maximum Gasteiger partial charge on any atom is 0.407 e. The molecule has 0 bridgehead atoms. The first kappa shape index (κ1) is 16.5. The third-order valence-electron chi connectivity index (χ3n) is 2.06. The van der Waals surface area contributed by atoms with Crippen molar-refractivity contribution >= 4 is 12.1 Å². The molecular weight excluding hydrogens is 234 g/mol. The minimum Gasteiger partial charge on any atom is -0.481 e. The number of carbonyl (C=O) groups is 2. The van der Waals surface area contributed by atoms with Crippen LogP contribution in [0.3, 0.4) is 0 Å². The molecule has 0 aromatic rings. The van der Waals surface area contributed by atoms with Gasteiger partial charge in [0, 0.05) is 13.0 Å². The quantitative estimate of drug-likeness (QED) is 0.717. The smallest absolute Gasteiger partial charge is 0.407 e. The molecule has 0 atom stereocenters. The van der Waals surface area contributed by atoms with E-state index in [1.165, 1.54) is 0 Å². The molecule has 0 saturated carbocycles. The number of carboxylic acid groups (broad SMARTS) is 1. The first-order chi connectivity index (χ1) is 8.20. The minimum atomic E-state index is -0.783. The molecule has 0 aliphatic rings. The van der Waals surface area contributed by atoms with E-state index in [9.17, 15) is 9.59 Å². The fourth-order valence-corrected chi connectivity index (χ4v) is 1.24. The highest BCUT2D eigenvalue weighted by Crippen LogP contribution is 2.07. The average Bonchev–Trinajstić information content (AvgIpc) is 2.13. The summed E-state index contributed by atoms with van der Waals surface area (Å²) in [4.78, 5) is 21.6. The van der Waals surface area contributed by atoms with Crippen molar-refractivity contribution in [3.8, 4) is 0 Å². The van der Waals surface area contributed by atoms with Crippen molar-refractivity contribution in [3.63, 3.8) is 0 Å². The van der Waals surface area contributed by atoms with Gasteiger partial charge in [0.05, 0.1) is 0 Å². The van der Waals surface area contributed by atoms with E-state index < -0.39 is 17.7 Å². The van der Waals surface area contributed by atoms with Crippen LogP contribution in [0.4, 0.5) is 4.79 Å². The Balaban J connectivity index is 3.80. The van der Waals surface area contributed by atoms with Crippen LogP contribution in [0.2, 0.25) is 0 Å². The first-order valence-electron chi connectivity index (χ1n) is 6.05. The maximum absolute atomic E-state index is 11.3. The van der Waals surface area contributed by atoms with E-state index >= 15 is 0 Å². The lowest BCUT2D eigenvalue weighted by molar-refractivity contribution is -0.137. The van der Waals surface area contributed by atoms with Crippen LogP contribution >= 0.6 is 0 Å². The van der Waals surface area contributed by atoms with Gasteiger partial charge in [0.15, 0.2) is 0 Å². The number of amides is 1. The summed E-state index contributed by atoms with van der Waals surface area (Å²) in [5.74, 6) is -0.783. The molecule has 104 valence electrons. The molecule has 0 aromatic heterocycles. The number of hydrogen-bond donors (Lipinski definition) is 2. The predicted octanol–water partition coefficient (Wildman–Crippen LogP) is 2.71. The molecule has 0 unspecified atom stereocenters. The molecule has 0 aliphatic carbocycles. The Bertz CT molecular complexity index is 315. The van der Waals surface area contributed by atoms with Crippen LogP contribution in [0.5, 0.6) is 0 Å². The summed E-state index contributed by atoms with van der Waals surface area (Å²) in [7, 11) is 0. The molecule has 0 aromatic carbocycles. The van der Waals surface area contributed by atoms with E-state index in [1.54, 1.807) is 20.8 Å². The standard InChI is InChI=1S/C13H23NO4/c1-10(6-5-7-11(15)16)8-9-14-12(17)18-13(2,3)4/h8H,5-7,9H2,1-4H3,(H,14,17)(H,15,16)/b10-8+. The summed E-state index contributed by atoms with van der Waals surface area (Å²) >= 11 is 0. The van der Waals surface area contributed by atoms with Gasteiger partial charge in [-0.05, 0) is 40.5 Å². The van der Waals surface area contributed by atoms with E-state index in [0.717, 1.165) is 12.0 Å². The fourth-order valence-electron chi connectivity index (χ4n) is 1.24. The van der Waals surface area contributed by atoms with E-state index in [0.29, 0.717) is 13.0 Å². The zero-order chi connectivity index (χ0) is 14.2. The van der Waals surface area contributed by atoms with Gasteiger partial charge in [0.25, 0.3) is 0 Å². The van der Waals surface area contributed by atoms with E-state index in [-0.39, 0.29) is 6.42 Å². The monoisotopic (exact) mass is 257 g/mol. The number of hydrogen-bond acceptors (Lipinski definition) is 3. The van der Waals surface area contributed by atoms with Crippen molar-refractivity contribution in [1.29, 1.82) is 0 Å². The molecule has 0 rings (SSSR count). The number of aliphatic carboxylic acids is 1. The molecule has 0 spiro atoms. The minimum absolute atomic E-state index is 0.171. The van der Waals surface area contributed by atoms with E-state index in [1.807, 2.05) is 13.0 Å². The van der Waals surface area contributed by atoms with Gasteiger partial charge in [-0.2, -0.15) is 0 Å². The highest BCUT2D eigenvalue weighted by molar-refractivity contribution is 5.67. The SMILES string of the molecule is C/C(=C\CNC(=O)OC(C)(C)C)CCCC(=O)O. The van der Waals surface area contributed by atoms with Crippen molar-refractivity contribution in [3.05, 3.63) is 11.6 Å². The summed E-state index contributed by atoms with van der Waals surface area (Å²) in [5, 5.41) is 11.1. The molecule has 2 N–H and O–H groups in total. The van der Waals surface area contributed by atoms with Crippen LogP contribution in [-0.4, -0.2) is 29.3 Å². The summed E-state index contributed by atoms with van der Waals surface area (Å²) < 4.78 is 5.08. The normalized spacial score (nSPS) is 12.1. The van der Waals surface area contributed by atoms with Crippen molar-refractivity contribution in [1.82, 2.24) is 5.32 Å². The molecule has 0 heterocycles. The van der Waals surface area contributed by atoms with Crippen LogP contribution in [0.25, 0.3) is 0 Å². The molecule has 1 amide bonds. The molecular formula is C13H23NO4. The molecule has 5 heteroatoms. The summed E-state index contributed by atoms with van der Waals surface area (Å²) in [6.45, 7) is 7.73. The molecule has 5 nitrogen and oxygen atoms in total. The fraction of sp³-hybridized carbons (Fsp3) is 0.692. The number of nitrogens with one attached hydrogen (secondary N) is 1. The van der Waals surface area contributed by atoms with Gasteiger partial charge in [-0.3, -0.25) is 4.79 Å². The summed E-state index contributed by atoms with van der Waals surface area (Å²) in [6.07, 6.45) is 2.93. The largest absolute Gasteiger partial charge is 0.481 e. The second-order valence-electron chi connectivity index (χ2n) is 5.18. The Kier molecular flexibility index (Phi) is 7.08. The number of carboxylic acids is 1. The number of allylic oxidation sites excluding steroid dienone is 1. The second-order valence-corrected chi connectivity index (χ2v) is 5.18. The summed E-state index contributed by atoms with van der Waals surface area (Å²) in [6, 6.07) is 0. The lowest BCUT2D eigenvalue weighted by Crippen LogP contribution is -2.32. The number of rotatable bonds is 6. The van der Waals surface area contributed by atoms with Gasteiger partial charge in [0.1, 0.15) is 5.60 Å². The van der Waals surface area contributed by atoms with Crippen molar-refractivity contribution < 1.29 is 19.4 Å². The van der Waals surface area contributed by atoms with Crippen molar-refractivity contribution in [2.75, 3.05) is 6.54 Å². The van der Waals surface area contributed by atoms with Gasteiger partial charge in [-0.15, -0.1) is 0 Å². The van der Waals surface area contributed by atoms with Crippen LogP contribution in [-0.2, 0) is 9.53 Å². The van der Waals surface area contributed by atoms with Gasteiger partial charge < -0.3 is 15.2 Å².